The molecule has 0 radical (unpaired) electrons. The van der Waals surface area contributed by atoms with E-state index >= 15 is 0 Å². The average molecular weight is 954 g/mol. The first-order chi connectivity index (χ1) is 23.6. The van der Waals surface area contributed by atoms with Crippen molar-refractivity contribution >= 4 is 33.7 Å². The van der Waals surface area contributed by atoms with Crippen molar-refractivity contribution in [3.05, 3.63) is 155 Å². The molecule has 0 aromatic heterocycles. The van der Waals surface area contributed by atoms with Crippen LogP contribution in [0.4, 0.5) is 0 Å². The summed E-state index contributed by atoms with van der Waals surface area (Å²) in [6, 6.07) is 45.8. The molecule has 6 aromatic carbocycles. The van der Waals surface area contributed by atoms with Crippen molar-refractivity contribution < 1.29 is 42.9 Å². The predicted octanol–water partition coefficient (Wildman–Crippen LogP) is 13.9. The Morgan fingerprint density at radius 1 is 0.438 bits per heavy atom. The molecule has 0 fully saturated rings. The molecule has 0 saturated heterocycles. The molecule has 2 aliphatic carbocycles. The number of hydrogen-bond donors (Lipinski definition) is 0. The van der Waals surface area contributed by atoms with Gasteiger partial charge < -0.3 is 0 Å². The van der Waals surface area contributed by atoms with Crippen molar-refractivity contribution in [2.45, 2.75) is 51.8 Å². The van der Waals surface area contributed by atoms with Gasteiger partial charge in [-0.15, -0.1) is 0 Å². The minimum absolute atomic E-state index is 0.735. The zero-order valence-electron chi connectivity index (χ0n) is 28.7. The Balaban J connectivity index is 1.07. The first kappa shape index (κ1) is 32.3. The summed E-state index contributed by atoms with van der Waals surface area (Å²) in [5, 5.41) is 5.38. The zero-order valence-corrected chi connectivity index (χ0v) is 35.9. The van der Waals surface area contributed by atoms with E-state index in [9.17, 15) is 0 Å². The van der Waals surface area contributed by atoms with E-state index in [0.717, 1.165) is 7.35 Å². The Morgan fingerprint density at radius 2 is 0.812 bits per heavy atom. The molecule has 0 bridgehead atoms. The average Bonchev–Trinajstić information content (AvgIpc) is 3.72. The van der Waals surface area contributed by atoms with Crippen molar-refractivity contribution in [1.82, 2.24) is 0 Å². The van der Waals surface area contributed by atoms with E-state index in [0.29, 0.717) is 0 Å². The van der Waals surface area contributed by atoms with Crippen molar-refractivity contribution in [1.29, 1.82) is 0 Å². The van der Waals surface area contributed by atoms with Gasteiger partial charge in [0.25, 0.3) is 0 Å². The van der Waals surface area contributed by atoms with Gasteiger partial charge in [0.2, 0.25) is 0 Å². The van der Waals surface area contributed by atoms with Crippen LogP contribution in [0.1, 0.15) is 56.3 Å². The second-order valence-electron chi connectivity index (χ2n) is 13.9. The van der Waals surface area contributed by atoms with Crippen LogP contribution in [0.3, 0.4) is 0 Å². The standard InChI is InChI=1S/2C21H17.C2H4.2CH3.2Hf/c2*1-2-15-13-17-9-6-12-20(21(17)14-15)19-11-5-8-16-7-3-4-10-18(16)19;1-2;;;;/h2*3-14H,2H2,1H3;1-2H2;2*1H3;;. The maximum absolute atomic E-state index is 2.76. The van der Waals surface area contributed by atoms with Crippen LogP contribution in [-0.4, -0.2) is 0 Å². The topological polar surface area (TPSA) is 0 Å². The van der Waals surface area contributed by atoms with Crippen LogP contribution in [-0.2, 0) is 42.9 Å². The summed E-state index contributed by atoms with van der Waals surface area (Å²) >= 11 is -3.95. The van der Waals surface area contributed by atoms with E-state index in [4.69, 9.17) is 0 Å². The van der Waals surface area contributed by atoms with E-state index in [1.54, 1.807) is 22.3 Å². The third-order valence-corrected chi connectivity index (χ3v) is 37.1. The van der Waals surface area contributed by atoms with Crippen LogP contribution < -0.4 is 0 Å². The molecule has 236 valence electrons. The molecule has 0 N–H and O–H groups in total. The van der Waals surface area contributed by atoms with Gasteiger partial charge in [-0.05, 0) is 0 Å². The summed E-state index contributed by atoms with van der Waals surface area (Å²) in [6.45, 7) is 4.79. The number of rotatable bonds is 9. The van der Waals surface area contributed by atoms with Gasteiger partial charge in [-0.25, -0.2) is 0 Å². The molecule has 2 unspecified atom stereocenters. The number of hydrogen-bond acceptors (Lipinski definition) is 0. The van der Waals surface area contributed by atoms with Gasteiger partial charge in [-0.2, -0.15) is 0 Å². The monoisotopic (exact) mass is 956 g/mol. The van der Waals surface area contributed by atoms with Crippen molar-refractivity contribution in [3.63, 3.8) is 0 Å². The number of benzene rings is 6. The molecule has 2 atom stereocenters. The van der Waals surface area contributed by atoms with Crippen LogP contribution >= 0.6 is 0 Å². The quantitative estimate of drug-likeness (QED) is 0.127. The molecule has 0 spiro atoms. The molecular formula is C46H44Hf2. The van der Waals surface area contributed by atoms with Gasteiger partial charge in [-0.1, -0.05) is 0 Å². The Kier molecular flexibility index (Phi) is 9.25. The maximum atomic E-state index is 2.76. The Bertz CT molecular complexity index is 2050. The third-order valence-electron chi connectivity index (χ3n) is 11.2. The predicted molar refractivity (Wildman–Crippen MR) is 202 cm³/mol. The summed E-state index contributed by atoms with van der Waals surface area (Å²) in [4.78, 5) is 0. The molecule has 0 amide bonds. The van der Waals surface area contributed by atoms with Crippen LogP contribution in [0, 0.1) is 0 Å². The van der Waals surface area contributed by atoms with Crippen molar-refractivity contribution in [3.8, 4) is 22.3 Å². The Morgan fingerprint density at radius 3 is 1.25 bits per heavy atom. The molecular weight excluding hydrogens is 909 g/mol. The van der Waals surface area contributed by atoms with Gasteiger partial charge in [0.15, 0.2) is 0 Å². The number of allylic oxidation sites excluding steroid dienone is 2. The Labute approximate surface area is 302 Å². The molecule has 0 nitrogen and oxygen atoms in total. The first-order valence-electron chi connectivity index (χ1n) is 17.8. The van der Waals surface area contributed by atoms with E-state index in [2.05, 4.69) is 157 Å². The minimum atomic E-state index is -1.98. The fraction of sp³-hybridized carbons (Fsp3) is 0.217. The molecule has 48 heavy (non-hydrogen) atoms. The van der Waals surface area contributed by atoms with Gasteiger partial charge >= 0.3 is 305 Å². The fourth-order valence-corrected chi connectivity index (χ4v) is 49.1. The van der Waals surface area contributed by atoms with E-state index in [1.807, 2.05) is 0 Å². The third kappa shape index (κ3) is 5.66. The summed E-state index contributed by atoms with van der Waals surface area (Å²) in [5.41, 5.74) is 15.3. The van der Waals surface area contributed by atoms with Gasteiger partial charge in [0.05, 0.1) is 0 Å². The van der Waals surface area contributed by atoms with Crippen LogP contribution in [0.15, 0.2) is 132 Å². The zero-order chi connectivity index (χ0) is 32.8. The number of fused-ring (bicyclic) bond motifs is 4. The second-order valence-corrected chi connectivity index (χ2v) is 33.8. The molecule has 6 aromatic rings. The molecule has 8 rings (SSSR count). The second kappa shape index (κ2) is 13.8. The molecule has 2 heteroatoms. The summed E-state index contributed by atoms with van der Waals surface area (Å²) in [6.07, 6.45) is 7.56. The molecule has 0 heterocycles. The van der Waals surface area contributed by atoms with E-state index < -0.39 is 42.9 Å². The normalized spacial score (nSPS) is 16.5. The molecule has 2 aliphatic rings. The summed E-state index contributed by atoms with van der Waals surface area (Å²) in [5.74, 6) is 0. The van der Waals surface area contributed by atoms with Gasteiger partial charge in [0, 0.05) is 0 Å². The first-order valence-corrected chi connectivity index (χ1v) is 34.3. The summed E-state index contributed by atoms with van der Waals surface area (Å²) < 4.78 is 10.1. The van der Waals surface area contributed by atoms with Gasteiger partial charge in [0.1, 0.15) is 0 Å². The summed E-state index contributed by atoms with van der Waals surface area (Å²) in [7, 11) is 0. The van der Waals surface area contributed by atoms with Crippen LogP contribution in [0.5, 0.6) is 0 Å². The molecule has 0 aliphatic heterocycles. The van der Waals surface area contributed by atoms with Crippen molar-refractivity contribution in [2.24, 2.45) is 0 Å². The van der Waals surface area contributed by atoms with Crippen LogP contribution in [0.25, 0.3) is 56.0 Å². The SMILES string of the molecule is CCC1=Cc2c(-c3cccc4ccccc34)cccc2[CH]1[Hf]([CH3])[CH2][CH2][Hf]([CH3])[CH]1C(CC)=Cc2c(-c3cccc4ccccc34)cccc21. The Hall–Kier alpha value is -2.94. The fourth-order valence-electron chi connectivity index (χ4n) is 8.78. The van der Waals surface area contributed by atoms with Crippen LogP contribution in [0.2, 0.25) is 17.7 Å². The van der Waals surface area contributed by atoms with Gasteiger partial charge in [-0.3, -0.25) is 0 Å². The van der Waals surface area contributed by atoms with Crippen molar-refractivity contribution in [2.75, 3.05) is 0 Å². The van der Waals surface area contributed by atoms with E-state index in [-0.39, 0.29) is 0 Å². The van der Waals surface area contributed by atoms with E-state index in [1.165, 1.54) is 76.1 Å². The molecule has 0 saturated carbocycles.